The van der Waals surface area contributed by atoms with Crippen LogP contribution in [0, 0.1) is 0 Å². The number of unbranched alkanes of at least 4 members (excludes halogenated alkanes) is 1. The second-order valence-electron chi connectivity index (χ2n) is 6.82. The molecule has 1 unspecified atom stereocenters. The molecular formula is C18H32N2. The lowest BCUT2D eigenvalue weighted by Gasteiger charge is -2.29. The summed E-state index contributed by atoms with van der Waals surface area (Å²) in [7, 11) is 4.27. The van der Waals surface area contributed by atoms with E-state index in [1.54, 1.807) is 0 Å². The Labute approximate surface area is 125 Å². The van der Waals surface area contributed by atoms with Gasteiger partial charge in [0.2, 0.25) is 0 Å². The second-order valence-corrected chi connectivity index (χ2v) is 6.82. The molecule has 1 N–H and O–H groups in total. The van der Waals surface area contributed by atoms with E-state index in [2.05, 4.69) is 75.4 Å². The van der Waals surface area contributed by atoms with Gasteiger partial charge in [-0.2, -0.15) is 0 Å². The summed E-state index contributed by atoms with van der Waals surface area (Å²) in [5, 5.41) is 3.66. The van der Waals surface area contributed by atoms with Crippen molar-refractivity contribution in [3.63, 3.8) is 0 Å². The zero-order valence-electron chi connectivity index (χ0n) is 13.9. The van der Waals surface area contributed by atoms with Crippen molar-refractivity contribution in [3.05, 3.63) is 35.9 Å². The summed E-state index contributed by atoms with van der Waals surface area (Å²) in [6.45, 7) is 9.29. The molecule has 2 nitrogen and oxygen atoms in total. The van der Waals surface area contributed by atoms with Crippen molar-refractivity contribution in [2.75, 3.05) is 27.2 Å². The Hall–Kier alpha value is -0.860. The smallest absolute Gasteiger partial charge is 0.00470 e. The summed E-state index contributed by atoms with van der Waals surface area (Å²) >= 11 is 0. The van der Waals surface area contributed by atoms with Gasteiger partial charge in [-0.1, -0.05) is 44.2 Å². The second kappa shape index (κ2) is 8.43. The molecule has 0 radical (unpaired) electrons. The Kier molecular flexibility index (Phi) is 7.25. The fraction of sp³-hybridized carbons (Fsp3) is 0.667. The van der Waals surface area contributed by atoms with Gasteiger partial charge in [0.1, 0.15) is 0 Å². The lowest BCUT2D eigenvalue weighted by molar-refractivity contribution is 0.369. The molecule has 2 heteroatoms. The van der Waals surface area contributed by atoms with Gasteiger partial charge in [0, 0.05) is 6.04 Å². The van der Waals surface area contributed by atoms with Crippen LogP contribution in [-0.2, 0) is 5.41 Å². The van der Waals surface area contributed by atoms with Gasteiger partial charge >= 0.3 is 0 Å². The van der Waals surface area contributed by atoms with Crippen LogP contribution < -0.4 is 5.32 Å². The quantitative estimate of drug-likeness (QED) is 0.692. The van der Waals surface area contributed by atoms with Gasteiger partial charge in [-0.25, -0.2) is 0 Å². The van der Waals surface area contributed by atoms with Gasteiger partial charge < -0.3 is 10.2 Å². The van der Waals surface area contributed by atoms with Crippen molar-refractivity contribution in [3.8, 4) is 0 Å². The van der Waals surface area contributed by atoms with E-state index in [-0.39, 0.29) is 5.41 Å². The third-order valence-electron chi connectivity index (χ3n) is 3.90. The molecule has 0 spiro atoms. The first-order valence-electron chi connectivity index (χ1n) is 7.85. The van der Waals surface area contributed by atoms with E-state index < -0.39 is 0 Å². The minimum atomic E-state index is 0.233. The molecule has 0 saturated heterocycles. The molecule has 0 aromatic heterocycles. The van der Waals surface area contributed by atoms with Gasteiger partial charge in [0.25, 0.3) is 0 Å². The molecule has 0 bridgehead atoms. The molecule has 1 aromatic rings. The highest BCUT2D eigenvalue weighted by molar-refractivity contribution is 5.23. The highest BCUT2D eigenvalue weighted by Gasteiger charge is 2.22. The number of hydrogen-bond acceptors (Lipinski definition) is 2. The average molecular weight is 276 g/mol. The molecule has 0 aliphatic heterocycles. The van der Waals surface area contributed by atoms with Crippen LogP contribution in [0.3, 0.4) is 0 Å². The zero-order chi connectivity index (χ0) is 15.0. The highest BCUT2D eigenvalue weighted by atomic mass is 15.0. The summed E-state index contributed by atoms with van der Waals surface area (Å²) in [4.78, 5) is 2.25. The Morgan fingerprint density at radius 2 is 1.75 bits per heavy atom. The Balaban J connectivity index is 2.29. The third-order valence-corrected chi connectivity index (χ3v) is 3.90. The van der Waals surface area contributed by atoms with E-state index >= 15 is 0 Å². The van der Waals surface area contributed by atoms with Crippen LogP contribution in [0.5, 0.6) is 0 Å². The van der Waals surface area contributed by atoms with Crippen molar-refractivity contribution >= 4 is 0 Å². The topological polar surface area (TPSA) is 15.3 Å². The number of hydrogen-bond donors (Lipinski definition) is 1. The van der Waals surface area contributed by atoms with Gasteiger partial charge in [0.15, 0.2) is 0 Å². The number of rotatable bonds is 9. The Bertz CT molecular complexity index is 357. The first-order chi connectivity index (χ1) is 9.42. The molecule has 0 aliphatic carbocycles. The van der Waals surface area contributed by atoms with Gasteiger partial charge in [-0.3, -0.25) is 0 Å². The van der Waals surface area contributed by atoms with E-state index in [0.29, 0.717) is 6.04 Å². The van der Waals surface area contributed by atoms with Crippen molar-refractivity contribution < 1.29 is 0 Å². The SMILES string of the molecule is CC(CC(C)(C)c1ccccc1)NCCCCN(C)C. The largest absolute Gasteiger partial charge is 0.314 e. The molecule has 1 aromatic carbocycles. The maximum atomic E-state index is 3.66. The fourth-order valence-corrected chi connectivity index (χ4v) is 2.75. The molecule has 1 rings (SSSR count). The van der Waals surface area contributed by atoms with Crippen LogP contribution in [0.1, 0.15) is 45.6 Å². The number of benzene rings is 1. The van der Waals surface area contributed by atoms with Crippen molar-refractivity contribution in [2.45, 2.75) is 51.5 Å². The molecular weight excluding hydrogens is 244 g/mol. The van der Waals surface area contributed by atoms with Crippen LogP contribution in [-0.4, -0.2) is 38.1 Å². The molecule has 0 heterocycles. The Morgan fingerprint density at radius 3 is 2.35 bits per heavy atom. The summed E-state index contributed by atoms with van der Waals surface area (Å²) < 4.78 is 0. The maximum Gasteiger partial charge on any atom is 0.00470 e. The number of nitrogens with zero attached hydrogens (tertiary/aromatic N) is 1. The molecule has 0 amide bonds. The minimum absolute atomic E-state index is 0.233. The molecule has 20 heavy (non-hydrogen) atoms. The predicted molar refractivity (Wildman–Crippen MR) is 89.3 cm³/mol. The fourth-order valence-electron chi connectivity index (χ4n) is 2.75. The first kappa shape index (κ1) is 17.2. The van der Waals surface area contributed by atoms with E-state index in [1.165, 1.54) is 31.4 Å². The average Bonchev–Trinajstić information content (AvgIpc) is 2.38. The normalized spacial score (nSPS) is 13.7. The van der Waals surface area contributed by atoms with E-state index in [1.807, 2.05) is 0 Å². The molecule has 0 fully saturated rings. The van der Waals surface area contributed by atoms with E-state index in [4.69, 9.17) is 0 Å². The van der Waals surface area contributed by atoms with Crippen molar-refractivity contribution in [1.29, 1.82) is 0 Å². The van der Waals surface area contributed by atoms with Gasteiger partial charge in [0.05, 0.1) is 0 Å². The van der Waals surface area contributed by atoms with E-state index in [0.717, 1.165) is 6.54 Å². The minimum Gasteiger partial charge on any atom is -0.314 e. The Morgan fingerprint density at radius 1 is 1.10 bits per heavy atom. The summed E-state index contributed by atoms with van der Waals surface area (Å²) in [6, 6.07) is 11.4. The summed E-state index contributed by atoms with van der Waals surface area (Å²) in [5.74, 6) is 0. The van der Waals surface area contributed by atoms with E-state index in [9.17, 15) is 0 Å². The lowest BCUT2D eigenvalue weighted by atomic mass is 9.79. The third kappa shape index (κ3) is 6.53. The van der Waals surface area contributed by atoms with Crippen LogP contribution in [0.15, 0.2) is 30.3 Å². The van der Waals surface area contributed by atoms with Gasteiger partial charge in [-0.15, -0.1) is 0 Å². The molecule has 0 saturated carbocycles. The molecule has 0 aliphatic rings. The standard InChI is InChI=1S/C18H32N2/c1-16(19-13-9-10-14-20(4)5)15-18(2,3)17-11-7-6-8-12-17/h6-8,11-12,16,19H,9-10,13-15H2,1-5H3. The van der Waals surface area contributed by atoms with Crippen molar-refractivity contribution in [2.24, 2.45) is 0 Å². The zero-order valence-corrected chi connectivity index (χ0v) is 13.9. The first-order valence-corrected chi connectivity index (χ1v) is 7.85. The van der Waals surface area contributed by atoms with Crippen molar-refractivity contribution in [1.82, 2.24) is 10.2 Å². The van der Waals surface area contributed by atoms with Gasteiger partial charge in [-0.05, 0) is 64.3 Å². The monoisotopic (exact) mass is 276 g/mol. The lowest BCUT2D eigenvalue weighted by Crippen LogP contribution is -2.34. The molecule has 114 valence electrons. The number of nitrogens with one attached hydrogen (secondary N) is 1. The van der Waals surface area contributed by atoms with Crippen LogP contribution in [0.25, 0.3) is 0 Å². The maximum absolute atomic E-state index is 3.66. The van der Waals surface area contributed by atoms with Crippen LogP contribution >= 0.6 is 0 Å². The van der Waals surface area contributed by atoms with Crippen LogP contribution in [0.2, 0.25) is 0 Å². The highest BCUT2D eigenvalue weighted by Crippen LogP contribution is 2.27. The predicted octanol–water partition coefficient (Wildman–Crippen LogP) is 3.67. The molecule has 1 atom stereocenters. The summed E-state index contributed by atoms with van der Waals surface area (Å²) in [6.07, 6.45) is 3.70. The summed E-state index contributed by atoms with van der Waals surface area (Å²) in [5.41, 5.74) is 1.67. The van der Waals surface area contributed by atoms with Crippen LogP contribution in [0.4, 0.5) is 0 Å².